The lowest BCUT2D eigenvalue weighted by Crippen LogP contribution is -2.25. The molecule has 0 N–H and O–H groups in total. The van der Waals surface area contributed by atoms with Crippen LogP contribution < -0.4 is 4.90 Å². The average molecular weight is 263 g/mol. The van der Waals surface area contributed by atoms with Gasteiger partial charge in [0, 0.05) is 24.3 Å². The van der Waals surface area contributed by atoms with Crippen molar-refractivity contribution in [3.8, 4) is 0 Å². The molecule has 0 aliphatic carbocycles. The Labute approximate surface area is 114 Å². The van der Waals surface area contributed by atoms with Gasteiger partial charge < -0.3 is 4.90 Å². The predicted molar refractivity (Wildman–Crippen MR) is 76.2 cm³/mol. The highest BCUT2D eigenvalue weighted by atomic mass is 19.1. The van der Waals surface area contributed by atoms with Gasteiger partial charge in [-0.1, -0.05) is 19.8 Å². The number of aldehydes is 1. The first-order valence-corrected chi connectivity index (χ1v) is 7.24. The first kappa shape index (κ1) is 14.0. The molecule has 3 heteroatoms. The summed E-state index contributed by atoms with van der Waals surface area (Å²) in [7, 11) is 0. The fourth-order valence-electron chi connectivity index (χ4n) is 3.01. The number of hydrogen-bond donors (Lipinski definition) is 0. The second-order valence-electron chi connectivity index (χ2n) is 5.39. The second-order valence-corrected chi connectivity index (χ2v) is 5.39. The zero-order valence-electron chi connectivity index (χ0n) is 11.6. The molecule has 1 aliphatic rings. The summed E-state index contributed by atoms with van der Waals surface area (Å²) in [4.78, 5) is 13.3. The lowest BCUT2D eigenvalue weighted by Gasteiger charge is -2.24. The number of anilines is 1. The molecule has 2 nitrogen and oxygen atoms in total. The van der Waals surface area contributed by atoms with Gasteiger partial charge in [0.2, 0.25) is 0 Å². The molecule has 1 aromatic rings. The molecule has 1 fully saturated rings. The summed E-state index contributed by atoms with van der Waals surface area (Å²) >= 11 is 0. The minimum atomic E-state index is -0.343. The van der Waals surface area contributed by atoms with Crippen LogP contribution in [0.25, 0.3) is 0 Å². The number of halogens is 1. The molecule has 1 aliphatic heterocycles. The van der Waals surface area contributed by atoms with Gasteiger partial charge >= 0.3 is 0 Å². The first-order valence-electron chi connectivity index (χ1n) is 7.24. The van der Waals surface area contributed by atoms with Crippen LogP contribution in [0.1, 0.15) is 49.4 Å². The maximum absolute atomic E-state index is 13.2. The van der Waals surface area contributed by atoms with Crippen molar-refractivity contribution in [3.63, 3.8) is 0 Å². The van der Waals surface area contributed by atoms with Crippen molar-refractivity contribution in [2.75, 3.05) is 18.0 Å². The SMILES string of the molecule is CCCC1CCCN(c2ccc(F)cc2C=O)CC1. The molecular weight excluding hydrogens is 241 g/mol. The van der Waals surface area contributed by atoms with E-state index in [9.17, 15) is 9.18 Å². The number of nitrogens with zero attached hydrogens (tertiary/aromatic N) is 1. The first-order chi connectivity index (χ1) is 9.24. The van der Waals surface area contributed by atoms with Gasteiger partial charge in [0.05, 0.1) is 0 Å². The predicted octanol–water partition coefficient (Wildman–Crippen LogP) is 4.04. The molecule has 19 heavy (non-hydrogen) atoms. The van der Waals surface area contributed by atoms with Crippen LogP contribution in [0.15, 0.2) is 18.2 Å². The van der Waals surface area contributed by atoms with Gasteiger partial charge in [-0.15, -0.1) is 0 Å². The van der Waals surface area contributed by atoms with Crippen LogP contribution in [-0.2, 0) is 0 Å². The fourth-order valence-corrected chi connectivity index (χ4v) is 3.01. The maximum atomic E-state index is 13.2. The van der Waals surface area contributed by atoms with Crippen molar-refractivity contribution >= 4 is 12.0 Å². The van der Waals surface area contributed by atoms with E-state index in [1.807, 2.05) is 0 Å². The topological polar surface area (TPSA) is 20.3 Å². The quantitative estimate of drug-likeness (QED) is 0.764. The number of carbonyl (C=O) groups is 1. The van der Waals surface area contributed by atoms with E-state index in [4.69, 9.17) is 0 Å². The van der Waals surface area contributed by atoms with E-state index < -0.39 is 0 Å². The summed E-state index contributed by atoms with van der Waals surface area (Å²) < 4.78 is 13.2. The Balaban J connectivity index is 2.11. The van der Waals surface area contributed by atoms with E-state index in [0.29, 0.717) is 5.56 Å². The van der Waals surface area contributed by atoms with E-state index >= 15 is 0 Å². The van der Waals surface area contributed by atoms with E-state index in [1.165, 1.54) is 37.8 Å². The molecule has 104 valence electrons. The number of carbonyl (C=O) groups excluding carboxylic acids is 1. The average Bonchev–Trinajstić information content (AvgIpc) is 2.65. The number of hydrogen-bond acceptors (Lipinski definition) is 2. The summed E-state index contributed by atoms with van der Waals surface area (Å²) in [5.74, 6) is 0.458. The van der Waals surface area contributed by atoms with E-state index in [-0.39, 0.29) is 5.82 Å². The van der Waals surface area contributed by atoms with Gasteiger partial charge in [0.25, 0.3) is 0 Å². The molecule has 1 heterocycles. The smallest absolute Gasteiger partial charge is 0.152 e. The normalized spacial score (nSPS) is 20.1. The Hall–Kier alpha value is -1.38. The highest BCUT2D eigenvalue weighted by Crippen LogP contribution is 2.27. The van der Waals surface area contributed by atoms with Gasteiger partial charge in [0.1, 0.15) is 5.82 Å². The fraction of sp³-hybridized carbons (Fsp3) is 0.562. The molecule has 0 bridgehead atoms. The highest BCUT2D eigenvalue weighted by Gasteiger charge is 2.18. The summed E-state index contributed by atoms with van der Waals surface area (Å²) in [5, 5.41) is 0. The lowest BCUT2D eigenvalue weighted by molar-refractivity contribution is 0.112. The third-order valence-corrected chi connectivity index (χ3v) is 4.00. The molecule has 0 aromatic heterocycles. The second kappa shape index (κ2) is 6.69. The lowest BCUT2D eigenvalue weighted by atomic mass is 9.96. The third kappa shape index (κ3) is 3.55. The summed E-state index contributed by atoms with van der Waals surface area (Å²) in [5.41, 5.74) is 1.35. The summed E-state index contributed by atoms with van der Waals surface area (Å²) in [6.45, 7) is 4.16. The molecule has 0 radical (unpaired) electrons. The van der Waals surface area contributed by atoms with Gasteiger partial charge in [-0.05, 0) is 43.4 Å². The van der Waals surface area contributed by atoms with Crippen molar-refractivity contribution in [3.05, 3.63) is 29.6 Å². The summed E-state index contributed by atoms with van der Waals surface area (Å²) in [6, 6.07) is 4.51. The van der Waals surface area contributed by atoms with Gasteiger partial charge in [-0.25, -0.2) is 4.39 Å². The van der Waals surface area contributed by atoms with Crippen LogP contribution in [0.2, 0.25) is 0 Å². The van der Waals surface area contributed by atoms with Crippen LogP contribution >= 0.6 is 0 Å². The molecule has 1 atom stereocenters. The zero-order chi connectivity index (χ0) is 13.7. The Morgan fingerprint density at radius 2 is 2.21 bits per heavy atom. The van der Waals surface area contributed by atoms with Crippen LogP contribution in [0.5, 0.6) is 0 Å². The van der Waals surface area contributed by atoms with Crippen LogP contribution in [0, 0.1) is 11.7 Å². The Kier molecular flexibility index (Phi) is 4.94. The van der Waals surface area contributed by atoms with Crippen molar-refractivity contribution in [2.45, 2.75) is 39.0 Å². The maximum Gasteiger partial charge on any atom is 0.152 e. The van der Waals surface area contributed by atoms with Crippen LogP contribution in [-0.4, -0.2) is 19.4 Å². The Bertz CT molecular complexity index is 433. The number of rotatable bonds is 4. The van der Waals surface area contributed by atoms with Crippen molar-refractivity contribution < 1.29 is 9.18 Å². The molecule has 1 aromatic carbocycles. The third-order valence-electron chi connectivity index (χ3n) is 4.00. The number of benzene rings is 1. The molecule has 2 rings (SSSR count). The molecule has 1 unspecified atom stereocenters. The standard InChI is InChI=1S/C16H22FNO/c1-2-4-13-5-3-9-18(10-8-13)16-7-6-15(17)11-14(16)12-19/h6-7,11-13H,2-5,8-10H2,1H3. The van der Waals surface area contributed by atoms with Crippen LogP contribution in [0.3, 0.4) is 0 Å². The van der Waals surface area contributed by atoms with Gasteiger partial charge in [-0.2, -0.15) is 0 Å². The van der Waals surface area contributed by atoms with Crippen molar-refractivity contribution in [1.29, 1.82) is 0 Å². The van der Waals surface area contributed by atoms with E-state index in [2.05, 4.69) is 11.8 Å². The molecule has 0 spiro atoms. The minimum absolute atomic E-state index is 0.343. The molecule has 0 saturated carbocycles. The zero-order valence-corrected chi connectivity index (χ0v) is 11.6. The Morgan fingerprint density at radius 1 is 1.37 bits per heavy atom. The molecular formula is C16H22FNO. The Morgan fingerprint density at radius 3 is 2.95 bits per heavy atom. The van der Waals surface area contributed by atoms with E-state index in [1.54, 1.807) is 6.07 Å². The van der Waals surface area contributed by atoms with Crippen molar-refractivity contribution in [2.24, 2.45) is 5.92 Å². The van der Waals surface area contributed by atoms with Crippen molar-refractivity contribution in [1.82, 2.24) is 0 Å². The van der Waals surface area contributed by atoms with Gasteiger partial charge in [-0.3, -0.25) is 4.79 Å². The monoisotopic (exact) mass is 263 g/mol. The highest BCUT2D eigenvalue weighted by molar-refractivity contribution is 5.84. The largest absolute Gasteiger partial charge is 0.371 e. The molecule has 0 amide bonds. The summed E-state index contributed by atoms with van der Waals surface area (Å²) in [6.07, 6.45) is 6.87. The van der Waals surface area contributed by atoms with E-state index in [0.717, 1.165) is 37.4 Å². The molecule has 1 saturated heterocycles. The van der Waals surface area contributed by atoms with Crippen LogP contribution in [0.4, 0.5) is 10.1 Å². The van der Waals surface area contributed by atoms with Gasteiger partial charge in [0.15, 0.2) is 6.29 Å². The minimum Gasteiger partial charge on any atom is -0.371 e.